The van der Waals surface area contributed by atoms with Crippen LogP contribution >= 0.6 is 0 Å². The molecule has 7 heteroatoms. The first kappa shape index (κ1) is 32.2. The molecule has 0 saturated heterocycles. The Kier molecular flexibility index (Phi) is 9.06. The normalized spacial score (nSPS) is 21.0. The molecule has 1 N–H and O–H groups in total. The maximum atomic E-state index is 13.7. The molecular formula is C38H43N3O4. The van der Waals surface area contributed by atoms with E-state index in [4.69, 9.17) is 19.5 Å². The van der Waals surface area contributed by atoms with Crippen LogP contribution in [0, 0.1) is 17.8 Å². The largest absolute Gasteiger partial charge is 0.361 e. The average molecular weight is 606 g/mol. The van der Waals surface area contributed by atoms with Gasteiger partial charge in [0.2, 0.25) is 0 Å². The molecule has 2 aliphatic heterocycles. The van der Waals surface area contributed by atoms with E-state index in [1.54, 1.807) is 20.3 Å². The molecule has 5 rings (SSSR count). The van der Waals surface area contributed by atoms with Gasteiger partial charge in [-0.25, -0.2) is 0 Å². The summed E-state index contributed by atoms with van der Waals surface area (Å²) >= 11 is 0. The number of ketones is 2. The molecule has 0 fully saturated rings. The number of rotatable bonds is 10. The Morgan fingerprint density at radius 2 is 1.60 bits per heavy atom. The number of allylic oxidation sites excluding steroid dienone is 9. The first-order chi connectivity index (χ1) is 21.3. The summed E-state index contributed by atoms with van der Waals surface area (Å²) in [7, 11) is 3.21. The summed E-state index contributed by atoms with van der Waals surface area (Å²) < 4.78 is 10.8. The Morgan fingerprint density at radius 1 is 0.933 bits per heavy atom. The zero-order chi connectivity index (χ0) is 32.5. The van der Waals surface area contributed by atoms with Crippen LogP contribution in [-0.2, 0) is 19.1 Å². The molecule has 0 saturated carbocycles. The van der Waals surface area contributed by atoms with Crippen molar-refractivity contribution in [3.05, 3.63) is 100 Å². The minimum absolute atomic E-state index is 0.145. The summed E-state index contributed by atoms with van der Waals surface area (Å²) in [5.41, 5.74) is 8.97. The van der Waals surface area contributed by atoms with Crippen molar-refractivity contribution in [3.8, 4) is 11.1 Å². The van der Waals surface area contributed by atoms with Gasteiger partial charge in [0.25, 0.3) is 0 Å². The zero-order valence-corrected chi connectivity index (χ0v) is 27.6. The van der Waals surface area contributed by atoms with Crippen LogP contribution in [0.1, 0.15) is 65.1 Å². The highest BCUT2D eigenvalue weighted by Crippen LogP contribution is 2.41. The van der Waals surface area contributed by atoms with E-state index in [0.717, 1.165) is 51.6 Å². The number of aromatic nitrogens is 1. The Hall–Kier alpha value is -4.20. The number of aromatic amines is 1. The monoisotopic (exact) mass is 605 g/mol. The quantitative estimate of drug-likeness (QED) is 0.129. The van der Waals surface area contributed by atoms with E-state index in [9.17, 15) is 9.59 Å². The Morgan fingerprint density at radius 3 is 2.27 bits per heavy atom. The Bertz CT molecular complexity index is 1730. The predicted octanol–water partition coefficient (Wildman–Crippen LogP) is 7.92. The van der Waals surface area contributed by atoms with Crippen LogP contribution in [0.4, 0.5) is 0 Å². The third-order valence-electron chi connectivity index (χ3n) is 8.70. The summed E-state index contributed by atoms with van der Waals surface area (Å²) in [6.45, 7) is 12.1. The minimum Gasteiger partial charge on any atom is -0.361 e. The smallest absolute Gasteiger partial charge is 0.196 e. The first-order valence-electron chi connectivity index (χ1n) is 15.4. The maximum absolute atomic E-state index is 13.7. The van der Waals surface area contributed by atoms with E-state index in [1.165, 1.54) is 12.5 Å². The van der Waals surface area contributed by atoms with Gasteiger partial charge < -0.3 is 14.5 Å². The number of carbonyl (C=O) groups excluding carboxylic acids is 2. The minimum atomic E-state index is -0.483. The number of hydrogen-bond acceptors (Lipinski definition) is 6. The lowest BCUT2D eigenvalue weighted by molar-refractivity contribution is -0.118. The van der Waals surface area contributed by atoms with Crippen molar-refractivity contribution in [3.63, 3.8) is 0 Å². The molecule has 1 aromatic heterocycles. The first-order valence-corrected chi connectivity index (χ1v) is 15.4. The van der Waals surface area contributed by atoms with Gasteiger partial charge in [0.05, 0.1) is 11.3 Å². The van der Waals surface area contributed by atoms with Crippen molar-refractivity contribution in [1.82, 2.24) is 4.98 Å². The molecule has 0 unspecified atom stereocenters. The molecule has 0 atom stereocenters. The number of aliphatic imine (C=N–C) groups is 2. The summed E-state index contributed by atoms with van der Waals surface area (Å²) in [6.07, 6.45) is 12.9. The van der Waals surface area contributed by atoms with Crippen LogP contribution in [0.25, 0.3) is 17.2 Å². The van der Waals surface area contributed by atoms with Crippen LogP contribution in [0.3, 0.4) is 0 Å². The number of hydrogen-bond donors (Lipinski definition) is 1. The highest BCUT2D eigenvalue weighted by atomic mass is 16.7. The molecule has 0 radical (unpaired) electrons. The second-order valence-electron chi connectivity index (χ2n) is 13.4. The fourth-order valence-electron chi connectivity index (χ4n) is 6.07. The number of nitrogens with zero attached hydrogens (tertiary/aromatic N) is 2. The average Bonchev–Trinajstić information content (AvgIpc) is 3.75. The van der Waals surface area contributed by atoms with Gasteiger partial charge in [0.1, 0.15) is 0 Å². The molecule has 3 aliphatic rings. The van der Waals surface area contributed by atoms with E-state index in [2.05, 4.69) is 76.0 Å². The van der Waals surface area contributed by atoms with Crippen LogP contribution in [0.15, 0.2) is 98.9 Å². The second-order valence-corrected chi connectivity index (χ2v) is 13.4. The molecular weight excluding hydrogens is 562 g/mol. The van der Waals surface area contributed by atoms with E-state index in [0.29, 0.717) is 18.4 Å². The number of benzene rings is 1. The van der Waals surface area contributed by atoms with Gasteiger partial charge in [-0.2, -0.15) is 0 Å². The lowest BCUT2D eigenvalue weighted by atomic mass is 9.85. The Labute approximate surface area is 266 Å². The van der Waals surface area contributed by atoms with Crippen LogP contribution in [0.2, 0.25) is 0 Å². The van der Waals surface area contributed by atoms with E-state index >= 15 is 0 Å². The van der Waals surface area contributed by atoms with Gasteiger partial charge in [0, 0.05) is 78.0 Å². The Balaban J connectivity index is 1.39. The predicted molar refractivity (Wildman–Crippen MR) is 181 cm³/mol. The van der Waals surface area contributed by atoms with Gasteiger partial charge >= 0.3 is 0 Å². The number of Topliss-reactive ketones (excluding diaryl/α,β-unsaturated/α-hetero) is 2. The molecule has 0 bridgehead atoms. The van der Waals surface area contributed by atoms with Crippen LogP contribution in [0.5, 0.6) is 0 Å². The fraction of sp³-hybridized carbons (Fsp3) is 0.368. The van der Waals surface area contributed by atoms with E-state index in [1.807, 2.05) is 24.4 Å². The molecule has 0 amide bonds. The zero-order valence-electron chi connectivity index (χ0n) is 27.6. The van der Waals surface area contributed by atoms with Crippen molar-refractivity contribution < 1.29 is 19.1 Å². The molecule has 7 nitrogen and oxygen atoms in total. The van der Waals surface area contributed by atoms with E-state index < -0.39 is 6.29 Å². The number of H-pyrrole nitrogens is 1. The van der Waals surface area contributed by atoms with Crippen molar-refractivity contribution in [2.45, 2.75) is 67.1 Å². The molecule has 1 aromatic carbocycles. The molecule has 45 heavy (non-hydrogen) atoms. The van der Waals surface area contributed by atoms with Gasteiger partial charge in [0.15, 0.2) is 17.9 Å². The standard InChI is InChI=1S/C38H43N3O4/c1-23-9-12-26(13-10-23)29-15-16-39-31(29)20-34-37(3,4)21-28(40-34)19-30(24(2)42)35(43)27-14-11-25(17-27)18-33-38(5,6)22-32(41-33)36(44-7)45-8/h9-10,12-20,36,39H,11,21-22H2,1-8H3/b30-19+,33-18-,34-20-. The van der Waals surface area contributed by atoms with Gasteiger partial charge in [-0.3, -0.25) is 19.6 Å². The number of carbonyl (C=O) groups is 2. The maximum Gasteiger partial charge on any atom is 0.196 e. The SMILES string of the molecule is COC(OC)C1=N/C(=C\C2=CC(C(=O)/C(=C/C3=NC(=C\c4[nH]ccc4-c4ccc(C)cc4)/C(C)(C)C3)C(C)=O)=CC2)C(C)(C)C1. The lowest BCUT2D eigenvalue weighted by Gasteiger charge is -2.19. The van der Waals surface area contributed by atoms with Crippen LogP contribution < -0.4 is 0 Å². The summed E-state index contributed by atoms with van der Waals surface area (Å²) in [6, 6.07) is 10.5. The third-order valence-corrected chi connectivity index (χ3v) is 8.70. The van der Waals surface area contributed by atoms with Gasteiger partial charge in [-0.1, -0.05) is 63.6 Å². The highest BCUT2D eigenvalue weighted by molar-refractivity contribution is 6.29. The molecule has 0 spiro atoms. The summed E-state index contributed by atoms with van der Waals surface area (Å²) in [5, 5.41) is 0. The van der Waals surface area contributed by atoms with Crippen molar-refractivity contribution >= 4 is 29.1 Å². The van der Waals surface area contributed by atoms with Crippen LogP contribution in [-0.4, -0.2) is 48.5 Å². The topological polar surface area (TPSA) is 93.1 Å². The number of nitrogens with one attached hydrogen (secondary N) is 1. The van der Waals surface area contributed by atoms with Crippen molar-refractivity contribution in [1.29, 1.82) is 0 Å². The second kappa shape index (κ2) is 12.7. The van der Waals surface area contributed by atoms with Gasteiger partial charge in [-0.15, -0.1) is 0 Å². The van der Waals surface area contributed by atoms with Crippen molar-refractivity contribution in [2.75, 3.05) is 14.2 Å². The molecule has 3 heterocycles. The number of aryl methyl sites for hydroxylation is 1. The molecule has 234 valence electrons. The highest BCUT2D eigenvalue weighted by Gasteiger charge is 2.36. The lowest BCUT2D eigenvalue weighted by Crippen LogP contribution is -2.25. The number of methoxy groups -OCH3 is 2. The van der Waals surface area contributed by atoms with Crippen molar-refractivity contribution in [2.24, 2.45) is 20.8 Å². The third kappa shape index (κ3) is 6.90. The fourth-order valence-corrected chi connectivity index (χ4v) is 6.07. The van der Waals surface area contributed by atoms with E-state index in [-0.39, 0.29) is 28.0 Å². The summed E-state index contributed by atoms with van der Waals surface area (Å²) in [5.74, 6) is -0.560. The summed E-state index contributed by atoms with van der Waals surface area (Å²) in [4.78, 5) is 39.6. The van der Waals surface area contributed by atoms with Gasteiger partial charge in [-0.05, 0) is 61.8 Å². The molecule has 2 aromatic rings. The number of ether oxygens (including phenoxy) is 2. The molecule has 1 aliphatic carbocycles.